The molecule has 28 heavy (non-hydrogen) atoms. The van der Waals surface area contributed by atoms with Crippen LogP contribution >= 0.6 is 0 Å². The number of fused-ring (bicyclic) bond motifs is 3. The Morgan fingerprint density at radius 2 is 1.68 bits per heavy atom. The molecule has 1 saturated heterocycles. The van der Waals surface area contributed by atoms with Crippen molar-refractivity contribution in [2.45, 2.75) is 33.4 Å². The Labute approximate surface area is 166 Å². The summed E-state index contributed by atoms with van der Waals surface area (Å²) in [6, 6.07) is 14.6. The molecule has 0 saturated carbocycles. The van der Waals surface area contributed by atoms with E-state index in [0.29, 0.717) is 0 Å². The Hall–Kier alpha value is -2.37. The van der Waals surface area contributed by atoms with Gasteiger partial charge >= 0.3 is 0 Å². The van der Waals surface area contributed by atoms with E-state index < -0.39 is 0 Å². The molecule has 5 nitrogen and oxygen atoms in total. The number of anilines is 1. The molecule has 1 aliphatic rings. The van der Waals surface area contributed by atoms with Crippen LogP contribution in [-0.4, -0.2) is 59.0 Å². The Morgan fingerprint density at radius 1 is 0.964 bits per heavy atom. The van der Waals surface area contributed by atoms with Crippen LogP contribution in [0.2, 0.25) is 0 Å². The Balaban J connectivity index is 1.55. The van der Waals surface area contributed by atoms with E-state index in [2.05, 4.69) is 69.9 Å². The summed E-state index contributed by atoms with van der Waals surface area (Å²) in [6.07, 6.45) is 0. The maximum Gasteiger partial charge on any atom is 0.241 e. The maximum atomic E-state index is 12.9. The zero-order valence-corrected chi connectivity index (χ0v) is 17.1. The topological polar surface area (TPSA) is 40.5 Å². The highest BCUT2D eigenvalue weighted by Gasteiger charge is 2.25. The molecule has 0 bridgehead atoms. The van der Waals surface area contributed by atoms with Gasteiger partial charge < -0.3 is 14.8 Å². The number of piperazine rings is 1. The van der Waals surface area contributed by atoms with Crippen LogP contribution in [0.1, 0.15) is 20.8 Å². The fraction of sp³-hybridized carbons (Fsp3) is 0.435. The van der Waals surface area contributed by atoms with Crippen LogP contribution in [0.4, 0.5) is 5.69 Å². The van der Waals surface area contributed by atoms with Gasteiger partial charge in [-0.05, 0) is 44.7 Å². The first-order valence-corrected chi connectivity index (χ1v) is 10.4. The zero-order chi connectivity index (χ0) is 19.7. The molecular weight excluding hydrogens is 348 g/mol. The molecule has 1 N–H and O–H groups in total. The van der Waals surface area contributed by atoms with E-state index in [-0.39, 0.29) is 11.9 Å². The number of nitrogens with one attached hydrogen (secondary N) is 1. The average Bonchev–Trinajstić information content (AvgIpc) is 3.06. The molecule has 0 unspecified atom stereocenters. The van der Waals surface area contributed by atoms with Gasteiger partial charge in [-0.25, -0.2) is 0 Å². The molecule has 2 heterocycles. The van der Waals surface area contributed by atoms with E-state index in [1.54, 1.807) is 0 Å². The fourth-order valence-corrected chi connectivity index (χ4v) is 4.35. The number of para-hydroxylation sites is 1. The highest BCUT2D eigenvalue weighted by atomic mass is 16.2. The number of amides is 1. The number of aromatic nitrogens is 1. The van der Waals surface area contributed by atoms with Crippen molar-refractivity contribution in [3.8, 4) is 0 Å². The van der Waals surface area contributed by atoms with Crippen molar-refractivity contribution >= 4 is 33.4 Å². The molecule has 3 aromatic rings. The lowest BCUT2D eigenvalue weighted by atomic mass is 10.1. The lowest BCUT2D eigenvalue weighted by molar-refractivity contribution is -0.121. The van der Waals surface area contributed by atoms with Gasteiger partial charge in [-0.1, -0.05) is 25.1 Å². The predicted molar refractivity (Wildman–Crippen MR) is 117 cm³/mol. The third kappa shape index (κ3) is 3.40. The second-order valence-electron chi connectivity index (χ2n) is 7.63. The Morgan fingerprint density at radius 3 is 2.39 bits per heavy atom. The molecule has 1 aromatic heterocycles. The molecular formula is C23H30N4O. The van der Waals surface area contributed by atoms with Gasteiger partial charge in [0.05, 0.1) is 6.04 Å². The van der Waals surface area contributed by atoms with Crippen molar-refractivity contribution in [3.05, 3.63) is 42.5 Å². The molecule has 0 aliphatic carbocycles. The summed E-state index contributed by atoms with van der Waals surface area (Å²) in [5.74, 6) is 0.0727. The van der Waals surface area contributed by atoms with E-state index in [0.717, 1.165) is 45.0 Å². The third-order valence-electron chi connectivity index (χ3n) is 6.14. The third-order valence-corrected chi connectivity index (χ3v) is 6.14. The maximum absolute atomic E-state index is 12.9. The zero-order valence-electron chi connectivity index (χ0n) is 17.1. The molecule has 5 heteroatoms. The van der Waals surface area contributed by atoms with E-state index in [9.17, 15) is 4.79 Å². The van der Waals surface area contributed by atoms with E-state index in [1.807, 2.05) is 13.0 Å². The lowest BCUT2D eigenvalue weighted by Crippen LogP contribution is -2.52. The molecule has 1 amide bonds. The second-order valence-corrected chi connectivity index (χ2v) is 7.63. The van der Waals surface area contributed by atoms with Gasteiger partial charge in [-0.3, -0.25) is 9.69 Å². The standard InChI is InChI=1S/C23H30N4O/c1-4-25-12-14-26(15-13-25)17(3)23(28)24-18-10-11-22-20(16-18)19-8-6-7-9-21(19)27(22)5-2/h6-11,16-17H,4-5,12-15H2,1-3H3,(H,24,28)/t17-/m0/s1. The van der Waals surface area contributed by atoms with E-state index >= 15 is 0 Å². The van der Waals surface area contributed by atoms with Gasteiger partial charge in [0, 0.05) is 60.2 Å². The number of carbonyl (C=O) groups excluding carboxylic acids is 1. The van der Waals surface area contributed by atoms with Crippen molar-refractivity contribution in [1.82, 2.24) is 14.4 Å². The molecule has 1 fully saturated rings. The molecule has 1 aliphatic heterocycles. The van der Waals surface area contributed by atoms with Gasteiger partial charge in [0.1, 0.15) is 0 Å². The molecule has 4 rings (SSSR count). The van der Waals surface area contributed by atoms with Crippen LogP contribution < -0.4 is 5.32 Å². The molecule has 2 aromatic carbocycles. The van der Waals surface area contributed by atoms with Crippen LogP contribution in [0, 0.1) is 0 Å². The van der Waals surface area contributed by atoms with Crippen LogP contribution in [0.5, 0.6) is 0 Å². The average molecular weight is 379 g/mol. The molecule has 0 radical (unpaired) electrons. The number of aryl methyl sites for hydroxylation is 1. The van der Waals surface area contributed by atoms with Gasteiger partial charge in [-0.2, -0.15) is 0 Å². The number of hydrogen-bond acceptors (Lipinski definition) is 3. The SMILES string of the molecule is CCN1CCN([C@@H](C)C(=O)Nc2ccc3c(c2)c2ccccc2n3CC)CC1. The monoisotopic (exact) mass is 378 g/mol. The Kier molecular flexibility index (Phi) is 5.38. The van der Waals surface area contributed by atoms with Crippen LogP contribution in [0.25, 0.3) is 21.8 Å². The van der Waals surface area contributed by atoms with Crippen molar-refractivity contribution in [2.24, 2.45) is 0 Å². The van der Waals surface area contributed by atoms with Crippen molar-refractivity contribution < 1.29 is 4.79 Å². The summed E-state index contributed by atoms with van der Waals surface area (Å²) >= 11 is 0. The summed E-state index contributed by atoms with van der Waals surface area (Å²) in [5.41, 5.74) is 3.33. The summed E-state index contributed by atoms with van der Waals surface area (Å²) in [5, 5.41) is 5.57. The number of carbonyl (C=O) groups is 1. The van der Waals surface area contributed by atoms with Gasteiger partial charge in [0.2, 0.25) is 5.91 Å². The number of nitrogens with zero attached hydrogens (tertiary/aromatic N) is 3. The molecule has 0 spiro atoms. The predicted octanol–water partition coefficient (Wildman–Crippen LogP) is 3.78. The van der Waals surface area contributed by atoms with Crippen molar-refractivity contribution in [3.63, 3.8) is 0 Å². The van der Waals surface area contributed by atoms with E-state index in [4.69, 9.17) is 0 Å². The van der Waals surface area contributed by atoms with Crippen LogP contribution in [0.15, 0.2) is 42.5 Å². The summed E-state index contributed by atoms with van der Waals surface area (Å²) in [4.78, 5) is 17.6. The van der Waals surface area contributed by atoms with Crippen molar-refractivity contribution in [1.29, 1.82) is 0 Å². The minimum absolute atomic E-state index is 0.0727. The number of hydrogen-bond donors (Lipinski definition) is 1. The largest absolute Gasteiger partial charge is 0.341 e. The van der Waals surface area contributed by atoms with Crippen LogP contribution in [-0.2, 0) is 11.3 Å². The van der Waals surface area contributed by atoms with Gasteiger partial charge in [0.25, 0.3) is 0 Å². The highest BCUT2D eigenvalue weighted by molar-refractivity contribution is 6.10. The second kappa shape index (κ2) is 7.94. The highest BCUT2D eigenvalue weighted by Crippen LogP contribution is 2.31. The first-order valence-electron chi connectivity index (χ1n) is 10.4. The Bertz CT molecular complexity index is 985. The number of likely N-dealkylation sites (N-methyl/N-ethyl adjacent to an activating group) is 1. The summed E-state index contributed by atoms with van der Waals surface area (Å²) in [6.45, 7) is 12.4. The normalized spacial score (nSPS) is 17.2. The lowest BCUT2D eigenvalue weighted by Gasteiger charge is -2.36. The van der Waals surface area contributed by atoms with Gasteiger partial charge in [-0.15, -0.1) is 0 Å². The minimum atomic E-state index is -0.119. The quantitative estimate of drug-likeness (QED) is 0.735. The van der Waals surface area contributed by atoms with Crippen molar-refractivity contribution in [2.75, 3.05) is 38.0 Å². The summed E-state index contributed by atoms with van der Waals surface area (Å²) in [7, 11) is 0. The smallest absolute Gasteiger partial charge is 0.241 e. The first kappa shape index (κ1) is 19.0. The molecule has 1 atom stereocenters. The van der Waals surface area contributed by atoms with E-state index in [1.165, 1.54) is 21.8 Å². The first-order chi connectivity index (χ1) is 13.6. The molecule has 148 valence electrons. The van der Waals surface area contributed by atoms with Crippen LogP contribution in [0.3, 0.4) is 0 Å². The van der Waals surface area contributed by atoms with Gasteiger partial charge in [0.15, 0.2) is 0 Å². The fourth-order valence-electron chi connectivity index (χ4n) is 4.35. The minimum Gasteiger partial charge on any atom is -0.341 e. The summed E-state index contributed by atoms with van der Waals surface area (Å²) < 4.78 is 2.33. The number of benzene rings is 2. The number of rotatable bonds is 5.